The fourth-order valence-electron chi connectivity index (χ4n) is 3.14. The molecule has 156 valence electrons. The molecule has 2 aromatic rings. The van der Waals surface area contributed by atoms with Gasteiger partial charge in [-0.05, 0) is 37.1 Å². The minimum Gasteiger partial charge on any atom is -0.322 e. The van der Waals surface area contributed by atoms with Gasteiger partial charge in [0.15, 0.2) is 0 Å². The van der Waals surface area contributed by atoms with Crippen molar-refractivity contribution in [2.24, 2.45) is 0 Å². The van der Waals surface area contributed by atoms with E-state index in [2.05, 4.69) is 10.0 Å². The summed E-state index contributed by atoms with van der Waals surface area (Å²) in [4.78, 5) is 14.6. The molecule has 1 aliphatic rings. The van der Waals surface area contributed by atoms with E-state index in [1.54, 1.807) is 30.3 Å². The number of amides is 1. The molecule has 0 atom stereocenters. The SMILES string of the molecule is O=C(CN1CCC(NS(=O)(=O)c2ccccc2)CC1)Nc1c(Cl)cc(Cl)cc1Cl. The maximum atomic E-state index is 12.4. The molecule has 0 saturated carbocycles. The van der Waals surface area contributed by atoms with Gasteiger partial charge in [0.05, 0.1) is 27.2 Å². The summed E-state index contributed by atoms with van der Waals surface area (Å²) in [7, 11) is -3.54. The monoisotopic (exact) mass is 475 g/mol. The Morgan fingerprint density at radius 3 is 2.21 bits per heavy atom. The number of carbonyl (C=O) groups is 1. The van der Waals surface area contributed by atoms with Crippen molar-refractivity contribution in [3.05, 3.63) is 57.5 Å². The molecule has 0 radical (unpaired) electrons. The first-order chi connectivity index (χ1) is 13.7. The third-order valence-corrected chi connectivity index (χ3v) is 6.95. The van der Waals surface area contributed by atoms with Crippen LogP contribution in [0.25, 0.3) is 0 Å². The van der Waals surface area contributed by atoms with Gasteiger partial charge in [0.1, 0.15) is 0 Å². The summed E-state index contributed by atoms with van der Waals surface area (Å²) in [6.45, 7) is 1.35. The number of hydrogen-bond donors (Lipinski definition) is 2. The summed E-state index contributed by atoms with van der Waals surface area (Å²) in [5.41, 5.74) is 0.327. The van der Waals surface area contributed by atoms with Gasteiger partial charge >= 0.3 is 0 Å². The molecule has 1 heterocycles. The highest BCUT2D eigenvalue weighted by Gasteiger charge is 2.25. The van der Waals surface area contributed by atoms with Gasteiger partial charge in [-0.1, -0.05) is 53.0 Å². The van der Waals surface area contributed by atoms with Crippen LogP contribution in [0.15, 0.2) is 47.4 Å². The van der Waals surface area contributed by atoms with Crippen molar-refractivity contribution in [3.8, 4) is 0 Å². The molecule has 2 N–H and O–H groups in total. The summed E-state index contributed by atoms with van der Waals surface area (Å²) < 4.78 is 27.6. The summed E-state index contributed by atoms with van der Waals surface area (Å²) in [6.07, 6.45) is 1.23. The minimum absolute atomic E-state index is 0.160. The summed E-state index contributed by atoms with van der Waals surface area (Å²) in [5.74, 6) is -0.251. The lowest BCUT2D eigenvalue weighted by Crippen LogP contribution is -2.46. The van der Waals surface area contributed by atoms with Crippen LogP contribution in [0.4, 0.5) is 5.69 Å². The number of halogens is 3. The topological polar surface area (TPSA) is 78.5 Å². The second-order valence-electron chi connectivity index (χ2n) is 6.78. The predicted molar refractivity (Wildman–Crippen MR) is 116 cm³/mol. The van der Waals surface area contributed by atoms with E-state index in [4.69, 9.17) is 34.8 Å². The van der Waals surface area contributed by atoms with E-state index in [0.717, 1.165) is 0 Å². The number of benzene rings is 2. The van der Waals surface area contributed by atoms with Crippen LogP contribution in [-0.4, -0.2) is 44.9 Å². The number of hydrogen-bond acceptors (Lipinski definition) is 4. The average Bonchev–Trinajstić information content (AvgIpc) is 2.67. The largest absolute Gasteiger partial charge is 0.322 e. The molecule has 1 aliphatic heterocycles. The maximum Gasteiger partial charge on any atom is 0.240 e. The highest BCUT2D eigenvalue weighted by molar-refractivity contribution is 7.89. The molecular weight excluding hydrogens is 457 g/mol. The zero-order valence-corrected chi connectivity index (χ0v) is 18.5. The lowest BCUT2D eigenvalue weighted by molar-refractivity contribution is -0.117. The summed E-state index contributed by atoms with van der Waals surface area (Å²) in [6, 6.07) is 11.1. The standard InChI is InChI=1S/C19H20Cl3N3O3S/c20-13-10-16(21)19(17(22)11-13)23-18(26)12-25-8-6-14(7-9-25)24-29(27,28)15-4-2-1-3-5-15/h1-5,10-11,14,24H,6-9,12H2,(H,23,26). The molecule has 0 bridgehead atoms. The fraction of sp³-hybridized carbons (Fsp3) is 0.316. The van der Waals surface area contributed by atoms with Gasteiger partial charge in [-0.15, -0.1) is 0 Å². The Hall–Kier alpha value is -1.35. The van der Waals surface area contributed by atoms with Gasteiger partial charge in [0, 0.05) is 24.2 Å². The van der Waals surface area contributed by atoms with Crippen LogP contribution in [0.2, 0.25) is 15.1 Å². The van der Waals surface area contributed by atoms with E-state index in [9.17, 15) is 13.2 Å². The van der Waals surface area contributed by atoms with E-state index in [-0.39, 0.29) is 33.4 Å². The molecule has 0 aliphatic carbocycles. The summed E-state index contributed by atoms with van der Waals surface area (Å²) >= 11 is 18.1. The van der Waals surface area contributed by atoms with E-state index < -0.39 is 10.0 Å². The van der Waals surface area contributed by atoms with Gasteiger partial charge in [-0.25, -0.2) is 13.1 Å². The normalized spacial score (nSPS) is 16.0. The molecule has 29 heavy (non-hydrogen) atoms. The van der Waals surface area contributed by atoms with Gasteiger partial charge in [-0.2, -0.15) is 0 Å². The Morgan fingerprint density at radius 1 is 1.03 bits per heavy atom. The Morgan fingerprint density at radius 2 is 1.62 bits per heavy atom. The Kier molecular flexibility index (Phi) is 7.42. The molecule has 0 aromatic heterocycles. The van der Waals surface area contributed by atoms with Crippen LogP contribution in [0, 0.1) is 0 Å². The quantitative estimate of drug-likeness (QED) is 0.660. The van der Waals surface area contributed by atoms with E-state index in [0.29, 0.717) is 36.6 Å². The number of nitrogens with one attached hydrogen (secondary N) is 2. The zero-order valence-electron chi connectivity index (χ0n) is 15.4. The van der Waals surface area contributed by atoms with Crippen LogP contribution in [0.1, 0.15) is 12.8 Å². The Balaban J connectivity index is 1.50. The molecule has 3 rings (SSSR count). The maximum absolute atomic E-state index is 12.4. The molecule has 10 heteroatoms. The number of rotatable bonds is 6. The molecule has 0 unspecified atom stereocenters. The van der Waals surface area contributed by atoms with Gasteiger partial charge in [0.25, 0.3) is 0 Å². The first-order valence-corrected chi connectivity index (χ1v) is 11.6. The number of carbonyl (C=O) groups excluding carboxylic acids is 1. The second kappa shape index (κ2) is 9.64. The minimum atomic E-state index is -3.54. The van der Waals surface area contributed by atoms with Crippen molar-refractivity contribution in [2.75, 3.05) is 25.0 Å². The van der Waals surface area contributed by atoms with Crippen molar-refractivity contribution < 1.29 is 13.2 Å². The van der Waals surface area contributed by atoms with Crippen molar-refractivity contribution in [1.29, 1.82) is 0 Å². The van der Waals surface area contributed by atoms with E-state index >= 15 is 0 Å². The first kappa shape index (κ1) is 22.3. The Bertz CT molecular complexity index is 956. The highest BCUT2D eigenvalue weighted by atomic mass is 35.5. The second-order valence-corrected chi connectivity index (χ2v) is 9.74. The summed E-state index contributed by atoms with van der Waals surface area (Å²) in [5, 5.41) is 3.63. The molecular formula is C19H20Cl3N3O3S. The predicted octanol–water partition coefficient (Wildman–Crippen LogP) is 4.03. The average molecular weight is 477 g/mol. The number of likely N-dealkylation sites (tertiary alicyclic amines) is 1. The molecule has 1 saturated heterocycles. The third kappa shape index (κ3) is 6.07. The number of nitrogens with zero attached hydrogens (tertiary/aromatic N) is 1. The Labute approximate surface area is 185 Å². The first-order valence-electron chi connectivity index (χ1n) is 8.99. The van der Waals surface area contributed by atoms with Crippen molar-refractivity contribution >= 4 is 56.4 Å². The van der Waals surface area contributed by atoms with Gasteiger partial charge < -0.3 is 5.32 Å². The number of piperidine rings is 1. The van der Waals surface area contributed by atoms with Crippen LogP contribution in [0.5, 0.6) is 0 Å². The zero-order chi connectivity index (χ0) is 21.0. The third-order valence-electron chi connectivity index (χ3n) is 4.60. The number of anilines is 1. The van der Waals surface area contributed by atoms with Crippen LogP contribution < -0.4 is 10.0 Å². The van der Waals surface area contributed by atoms with Gasteiger partial charge in [-0.3, -0.25) is 9.69 Å². The van der Waals surface area contributed by atoms with Crippen LogP contribution >= 0.6 is 34.8 Å². The smallest absolute Gasteiger partial charge is 0.240 e. The molecule has 1 amide bonds. The molecule has 2 aromatic carbocycles. The van der Waals surface area contributed by atoms with E-state index in [1.165, 1.54) is 12.1 Å². The van der Waals surface area contributed by atoms with Gasteiger partial charge in [0.2, 0.25) is 15.9 Å². The van der Waals surface area contributed by atoms with Crippen molar-refractivity contribution in [1.82, 2.24) is 9.62 Å². The highest BCUT2D eigenvalue weighted by Crippen LogP contribution is 2.33. The van der Waals surface area contributed by atoms with Crippen LogP contribution in [0.3, 0.4) is 0 Å². The lowest BCUT2D eigenvalue weighted by Gasteiger charge is -2.31. The van der Waals surface area contributed by atoms with Crippen molar-refractivity contribution in [3.63, 3.8) is 0 Å². The van der Waals surface area contributed by atoms with E-state index in [1.807, 2.05) is 4.90 Å². The molecule has 1 fully saturated rings. The van der Waals surface area contributed by atoms with Crippen LogP contribution in [-0.2, 0) is 14.8 Å². The molecule has 0 spiro atoms. The molecule has 6 nitrogen and oxygen atoms in total. The number of sulfonamides is 1. The van der Waals surface area contributed by atoms with Crippen molar-refractivity contribution in [2.45, 2.75) is 23.8 Å². The fourth-order valence-corrected chi connectivity index (χ4v) is 5.38. The lowest BCUT2D eigenvalue weighted by atomic mass is 10.1.